The molecule has 4 fully saturated rings. The molecule has 11 atom stereocenters. The van der Waals surface area contributed by atoms with Gasteiger partial charge in [-0.1, -0.05) is 166 Å². The number of Topliss-reactive ketones (excluding diaryl/α,β-unsaturated/α-hetero) is 2. The Balaban J connectivity index is 1.71. The molecule has 4 amide bonds. The molecule has 0 spiro atoms. The molecule has 4 N–H and O–H groups in total. The molecular weight excluding hydrogens is 1120 g/mol. The van der Waals surface area contributed by atoms with Crippen molar-refractivity contribution >= 4 is 71.0 Å². The third-order valence-corrected chi connectivity index (χ3v) is 17.6. The smallest absolute Gasteiger partial charge is 0.329 e. The summed E-state index contributed by atoms with van der Waals surface area (Å²) in [6.45, 7) is 20.5. The molecule has 492 valence electrons. The zero-order valence-corrected chi connectivity index (χ0v) is 54.2. The van der Waals surface area contributed by atoms with Crippen LogP contribution in [0.15, 0.2) is 0 Å². The number of esters is 6. The number of ketones is 2. The molecule has 3 saturated carbocycles. The van der Waals surface area contributed by atoms with Gasteiger partial charge in [0.2, 0.25) is 0 Å². The third kappa shape index (κ3) is 23.8. The van der Waals surface area contributed by atoms with Crippen molar-refractivity contribution in [2.24, 2.45) is 53.3 Å². The van der Waals surface area contributed by atoms with Crippen LogP contribution in [0.5, 0.6) is 0 Å². The van der Waals surface area contributed by atoms with Crippen LogP contribution in [0.2, 0.25) is 0 Å². The van der Waals surface area contributed by atoms with Crippen molar-refractivity contribution in [1.82, 2.24) is 21.3 Å². The van der Waals surface area contributed by atoms with Crippen LogP contribution in [0.3, 0.4) is 0 Å². The molecular formula is C65H104N4O18. The fourth-order valence-corrected chi connectivity index (χ4v) is 11.8. The molecule has 1 heterocycles. The Hall–Kier alpha value is -5.96. The summed E-state index contributed by atoms with van der Waals surface area (Å²) in [6, 6.07) is -5.35. The predicted molar refractivity (Wildman–Crippen MR) is 319 cm³/mol. The lowest BCUT2D eigenvalue weighted by Gasteiger charge is -2.30. The maximum absolute atomic E-state index is 14.4. The first-order valence-corrected chi connectivity index (χ1v) is 32.5. The van der Waals surface area contributed by atoms with Crippen molar-refractivity contribution in [3.8, 4) is 0 Å². The van der Waals surface area contributed by atoms with Crippen molar-refractivity contribution in [2.75, 3.05) is 0 Å². The van der Waals surface area contributed by atoms with Crippen LogP contribution >= 0.6 is 0 Å². The maximum atomic E-state index is 14.4. The highest BCUT2D eigenvalue weighted by atomic mass is 16.6. The molecule has 0 radical (unpaired) electrons. The number of ether oxygens (including phenoxy) is 6. The van der Waals surface area contributed by atoms with Gasteiger partial charge in [-0.05, 0) is 87.4 Å². The summed E-state index contributed by atoms with van der Waals surface area (Å²) in [5.74, 6) is -14.3. The lowest BCUT2D eigenvalue weighted by atomic mass is 9.84. The van der Waals surface area contributed by atoms with Gasteiger partial charge in [0.1, 0.15) is 24.2 Å². The van der Waals surface area contributed by atoms with Gasteiger partial charge in [-0.2, -0.15) is 0 Å². The van der Waals surface area contributed by atoms with Crippen LogP contribution in [-0.4, -0.2) is 132 Å². The van der Waals surface area contributed by atoms with E-state index in [9.17, 15) is 57.5 Å². The van der Waals surface area contributed by atoms with Gasteiger partial charge in [0.15, 0.2) is 48.2 Å². The molecule has 1 saturated heterocycles. The fraction of sp³-hybridized carbons (Fsp3) is 0.815. The number of hydrogen-bond acceptors (Lipinski definition) is 18. The minimum absolute atomic E-state index is 0.0124. The summed E-state index contributed by atoms with van der Waals surface area (Å²) in [5.41, 5.74) is 0. The van der Waals surface area contributed by atoms with Crippen molar-refractivity contribution in [3.05, 3.63) is 0 Å². The second-order valence-corrected chi connectivity index (χ2v) is 26.7. The molecule has 0 unspecified atom stereocenters. The van der Waals surface area contributed by atoms with Gasteiger partial charge in [-0.15, -0.1) is 0 Å². The van der Waals surface area contributed by atoms with E-state index in [1.54, 1.807) is 69.2 Å². The van der Waals surface area contributed by atoms with E-state index in [0.29, 0.717) is 0 Å². The number of nitrogens with one attached hydrogen (secondary N) is 4. The number of rotatable bonds is 11. The van der Waals surface area contributed by atoms with Crippen molar-refractivity contribution in [2.45, 2.75) is 286 Å². The van der Waals surface area contributed by atoms with Gasteiger partial charge in [-0.25, -0.2) is 19.2 Å². The second kappa shape index (κ2) is 35.9. The van der Waals surface area contributed by atoms with E-state index in [4.69, 9.17) is 28.4 Å². The van der Waals surface area contributed by atoms with Crippen LogP contribution in [0.25, 0.3) is 0 Å². The zero-order chi connectivity index (χ0) is 64.8. The summed E-state index contributed by atoms with van der Waals surface area (Å²) >= 11 is 0. The lowest BCUT2D eigenvalue weighted by Crippen LogP contribution is -2.53. The van der Waals surface area contributed by atoms with E-state index >= 15 is 0 Å². The van der Waals surface area contributed by atoms with Crippen LogP contribution in [0.4, 0.5) is 0 Å². The van der Waals surface area contributed by atoms with E-state index in [-0.39, 0.29) is 37.0 Å². The molecule has 87 heavy (non-hydrogen) atoms. The molecule has 3 aliphatic carbocycles. The predicted octanol–water partition coefficient (Wildman–Crippen LogP) is 7.59. The molecule has 4 aliphatic rings. The normalized spacial score (nSPS) is 30.0. The lowest BCUT2D eigenvalue weighted by molar-refractivity contribution is -0.166. The summed E-state index contributed by atoms with van der Waals surface area (Å²) < 4.78 is 34.7. The second-order valence-electron chi connectivity index (χ2n) is 26.7. The number of carbonyl (C=O) groups excluding carboxylic acids is 12. The number of cyclic esters (lactones) is 6. The average molecular weight is 1230 g/mol. The van der Waals surface area contributed by atoms with E-state index in [0.717, 1.165) is 96.3 Å². The molecule has 22 heteroatoms. The molecule has 0 bridgehead atoms. The maximum Gasteiger partial charge on any atom is 0.329 e. The molecule has 0 aromatic heterocycles. The van der Waals surface area contributed by atoms with Crippen LogP contribution in [-0.2, 0) is 86.0 Å². The molecule has 4 rings (SSSR count). The van der Waals surface area contributed by atoms with Crippen molar-refractivity contribution in [1.29, 1.82) is 0 Å². The van der Waals surface area contributed by atoms with Gasteiger partial charge >= 0.3 is 35.8 Å². The number of hydrogen-bond donors (Lipinski definition) is 4. The molecule has 0 aromatic carbocycles. The fourth-order valence-electron chi connectivity index (χ4n) is 11.8. The molecule has 22 nitrogen and oxygen atoms in total. The highest BCUT2D eigenvalue weighted by Crippen LogP contribution is 2.32. The first kappa shape index (κ1) is 73.5. The van der Waals surface area contributed by atoms with Gasteiger partial charge in [0.05, 0.1) is 12.3 Å². The average Bonchev–Trinajstić information content (AvgIpc) is 3.67. The van der Waals surface area contributed by atoms with Crippen LogP contribution in [0.1, 0.15) is 225 Å². The topological polar surface area (TPSA) is 308 Å². The van der Waals surface area contributed by atoms with E-state index in [1.165, 1.54) is 20.8 Å². The van der Waals surface area contributed by atoms with E-state index in [2.05, 4.69) is 21.3 Å². The summed E-state index contributed by atoms with van der Waals surface area (Å²) in [7, 11) is 0. The van der Waals surface area contributed by atoms with Crippen molar-refractivity contribution in [3.63, 3.8) is 0 Å². The Labute approximate surface area is 515 Å². The van der Waals surface area contributed by atoms with Crippen molar-refractivity contribution < 1.29 is 86.0 Å². The molecule has 0 aromatic rings. The van der Waals surface area contributed by atoms with E-state index in [1.807, 2.05) is 0 Å². The Bertz CT molecular complexity index is 2340. The zero-order valence-electron chi connectivity index (χ0n) is 54.2. The monoisotopic (exact) mass is 1230 g/mol. The third-order valence-electron chi connectivity index (χ3n) is 17.6. The Morgan fingerprint density at radius 3 is 1.01 bits per heavy atom. The van der Waals surface area contributed by atoms with Gasteiger partial charge < -0.3 is 49.7 Å². The molecule has 1 aliphatic heterocycles. The minimum Gasteiger partial charge on any atom is -0.453 e. The summed E-state index contributed by atoms with van der Waals surface area (Å²) in [5, 5.41) is 10.6. The quantitative estimate of drug-likeness (QED) is 0.114. The number of amides is 4. The standard InChI is InChI=1S/C65H104N4O18/c1-35(2)46-34-48(71)40(11)83-62(78)53(36(3)4)68-60(76)51(33-45-27-21-16-22-28-45)87-65(81)56(39(9)10)66-57(73)41(12)82-52(72)30-29-47(70)49(31-43-23-17-14-18-24-43)85-64(80)55(38(7)8)67-58(74)42(13)84-63(79)54(37(5)6)69-59(75)50(86-61(46)77)32-44-25-19-15-20-26-44/h35-46,49-51,53-56H,14-34H2,1-13H3,(H,66,73)(H,67,74)(H,68,76)(H,69,75)/t40-,41-,42-,46-,49+,50+,51+,53+,54+,55-,56-/m0/s1. The highest BCUT2D eigenvalue weighted by Gasteiger charge is 2.41. The van der Waals surface area contributed by atoms with Gasteiger partial charge in [0.25, 0.3) is 23.6 Å². The van der Waals surface area contributed by atoms with Gasteiger partial charge in [-0.3, -0.25) is 38.4 Å². The number of carbonyl (C=O) groups is 12. The first-order chi connectivity index (χ1) is 41.0. The van der Waals surface area contributed by atoms with Gasteiger partial charge in [0, 0.05) is 12.8 Å². The Morgan fingerprint density at radius 2 is 0.644 bits per heavy atom. The van der Waals surface area contributed by atoms with E-state index < -0.39 is 187 Å². The SMILES string of the molecule is CC(C)[C@@H]1CC(=O)[C@H](C)OC(=O)[C@@H](C(C)C)NC(=O)[C@@H](CC2CCCCC2)OC(=O)[C@H](C(C)C)NC(=O)[C@H](C)OC(=O)CCC(=O)[C@@H](CC2CCCCC2)OC(=O)[C@H](C(C)C)NC(=O)[C@H](C)OC(=O)[C@@H](C(C)C)NC(=O)[C@@H](CC2CCCCC2)OC1=O. The summed E-state index contributed by atoms with van der Waals surface area (Å²) in [6.07, 6.45) is 3.45. The highest BCUT2D eigenvalue weighted by molar-refractivity contribution is 5.95. The Morgan fingerprint density at radius 1 is 0.333 bits per heavy atom. The summed E-state index contributed by atoms with van der Waals surface area (Å²) in [4.78, 5) is 168. The largest absolute Gasteiger partial charge is 0.453 e. The minimum atomic E-state index is -1.51. The first-order valence-electron chi connectivity index (χ1n) is 32.5. The Kier molecular flexibility index (Phi) is 30.3. The van der Waals surface area contributed by atoms with Crippen LogP contribution in [0, 0.1) is 53.3 Å². The van der Waals surface area contributed by atoms with Crippen LogP contribution < -0.4 is 21.3 Å².